The summed E-state index contributed by atoms with van der Waals surface area (Å²) in [5.74, 6) is 0.914. The fraction of sp³-hybridized carbons (Fsp3) is 0.533. The van der Waals surface area contributed by atoms with Gasteiger partial charge in [0.1, 0.15) is 5.75 Å². The molecule has 0 aromatic heterocycles. The van der Waals surface area contributed by atoms with Gasteiger partial charge in [-0.3, -0.25) is 0 Å². The lowest BCUT2D eigenvalue weighted by atomic mass is 9.90. The molecule has 21 heavy (non-hydrogen) atoms. The molecule has 2 aliphatic heterocycles. The number of ether oxygens (including phenoxy) is 2. The molecule has 0 spiro atoms. The summed E-state index contributed by atoms with van der Waals surface area (Å²) in [6, 6.07) is 4.45. The third-order valence-corrected chi connectivity index (χ3v) is 5.06. The zero-order chi connectivity index (χ0) is 15.2. The molecule has 1 saturated heterocycles. The van der Waals surface area contributed by atoms with Crippen LogP contribution in [0.25, 0.3) is 0 Å². The summed E-state index contributed by atoms with van der Waals surface area (Å²) >= 11 is 9.15. The van der Waals surface area contributed by atoms with E-state index >= 15 is 0 Å². The van der Waals surface area contributed by atoms with Gasteiger partial charge in [-0.15, -0.1) is 0 Å². The van der Waals surface area contributed by atoms with Gasteiger partial charge in [0.15, 0.2) is 10.8 Å². The summed E-state index contributed by atoms with van der Waals surface area (Å²) in [6.45, 7) is 5.51. The minimum Gasteiger partial charge on any atom is -0.467 e. The molecule has 1 aromatic rings. The highest BCUT2D eigenvalue weighted by Gasteiger charge is 2.47. The lowest BCUT2D eigenvalue weighted by Gasteiger charge is -2.52. The molecule has 2 bridgehead atoms. The second-order valence-electron chi connectivity index (χ2n) is 5.79. The van der Waals surface area contributed by atoms with Crippen LogP contribution in [0.1, 0.15) is 30.5 Å². The molecule has 6 heteroatoms. The van der Waals surface area contributed by atoms with Crippen molar-refractivity contribution in [1.82, 2.24) is 10.2 Å². The molecule has 0 radical (unpaired) electrons. The van der Waals surface area contributed by atoms with Gasteiger partial charge >= 0.3 is 0 Å². The second-order valence-corrected chi connectivity index (χ2v) is 7.03. The minimum absolute atomic E-state index is 0.196. The van der Waals surface area contributed by atoms with E-state index in [2.05, 4.69) is 52.1 Å². The Morgan fingerprint density at radius 3 is 3.05 bits per heavy atom. The van der Waals surface area contributed by atoms with Crippen molar-refractivity contribution in [2.45, 2.75) is 32.0 Å². The maximum Gasteiger partial charge on any atom is 0.184 e. The van der Waals surface area contributed by atoms with E-state index in [1.165, 1.54) is 11.1 Å². The molecule has 2 heterocycles. The van der Waals surface area contributed by atoms with E-state index in [0.717, 1.165) is 21.8 Å². The van der Waals surface area contributed by atoms with Gasteiger partial charge in [0, 0.05) is 25.6 Å². The third kappa shape index (κ3) is 2.53. The summed E-state index contributed by atoms with van der Waals surface area (Å²) in [4.78, 5) is 2.08. The molecule has 1 fully saturated rings. The van der Waals surface area contributed by atoms with E-state index in [1.807, 2.05) is 0 Å². The van der Waals surface area contributed by atoms with Crippen molar-refractivity contribution in [2.75, 3.05) is 20.3 Å². The Bertz CT molecular complexity index is 595. The Morgan fingerprint density at radius 1 is 1.57 bits per heavy atom. The normalized spacial score (nSPS) is 27.0. The molecule has 1 aromatic carbocycles. The van der Waals surface area contributed by atoms with Gasteiger partial charge < -0.3 is 19.7 Å². The Kier molecular flexibility index (Phi) is 3.88. The summed E-state index contributed by atoms with van der Waals surface area (Å²) in [7, 11) is 1.70. The maximum atomic E-state index is 6.35. The third-order valence-electron chi connectivity index (χ3n) is 4.13. The van der Waals surface area contributed by atoms with Crippen molar-refractivity contribution in [3.63, 3.8) is 0 Å². The fourth-order valence-electron chi connectivity index (χ4n) is 3.13. The van der Waals surface area contributed by atoms with Crippen LogP contribution >= 0.6 is 28.1 Å². The van der Waals surface area contributed by atoms with Gasteiger partial charge in [-0.25, -0.2) is 0 Å². The molecular formula is C15H19BrN2O2S. The summed E-state index contributed by atoms with van der Waals surface area (Å²) in [5, 5.41) is 4.17. The molecule has 2 atom stereocenters. The molecule has 114 valence electrons. The van der Waals surface area contributed by atoms with Gasteiger partial charge in [0.25, 0.3) is 0 Å². The number of nitrogens with zero attached hydrogens (tertiary/aromatic N) is 1. The molecule has 0 aliphatic carbocycles. The van der Waals surface area contributed by atoms with Gasteiger partial charge in [0.2, 0.25) is 0 Å². The van der Waals surface area contributed by atoms with Crippen LogP contribution in [0.5, 0.6) is 5.75 Å². The average molecular weight is 371 g/mol. The van der Waals surface area contributed by atoms with Crippen LogP contribution in [0.4, 0.5) is 0 Å². The highest BCUT2D eigenvalue weighted by molar-refractivity contribution is 9.10. The monoisotopic (exact) mass is 370 g/mol. The summed E-state index contributed by atoms with van der Waals surface area (Å²) < 4.78 is 12.5. The predicted molar refractivity (Wildman–Crippen MR) is 89.6 cm³/mol. The van der Waals surface area contributed by atoms with Gasteiger partial charge in [0.05, 0.1) is 17.1 Å². The molecule has 2 unspecified atom stereocenters. The Hall–Kier alpha value is -0.850. The number of halogens is 1. The first-order chi connectivity index (χ1) is 9.94. The Labute approximate surface area is 138 Å². The number of aryl methyl sites for hydroxylation is 1. The topological polar surface area (TPSA) is 33.7 Å². The van der Waals surface area contributed by atoms with Crippen molar-refractivity contribution < 1.29 is 9.47 Å². The molecule has 4 nitrogen and oxygen atoms in total. The van der Waals surface area contributed by atoms with Crippen molar-refractivity contribution in [3.05, 3.63) is 27.7 Å². The van der Waals surface area contributed by atoms with Crippen LogP contribution in [0.2, 0.25) is 0 Å². The molecule has 3 rings (SSSR count). The van der Waals surface area contributed by atoms with Crippen molar-refractivity contribution in [2.24, 2.45) is 0 Å². The fourth-order valence-corrected chi connectivity index (χ4v) is 4.23. The van der Waals surface area contributed by atoms with E-state index in [0.29, 0.717) is 13.2 Å². The number of methoxy groups -OCH3 is 1. The van der Waals surface area contributed by atoms with Gasteiger partial charge in [-0.05, 0) is 53.6 Å². The quantitative estimate of drug-likeness (QED) is 0.826. The standard InChI is InChI=1S/C15H19BrN2O2S/c1-9-6-10-12-8-15(2,20-13(10)11(16)7-9)18(4-5-19-3)14(21)17-12/h6-7,12H,4-5,8H2,1-3H3,(H,17,21). The van der Waals surface area contributed by atoms with Crippen LogP contribution in [0.3, 0.4) is 0 Å². The SMILES string of the molecule is COCCN1C(=S)NC2CC1(C)Oc1c(Br)cc(C)cc12. The highest BCUT2D eigenvalue weighted by Crippen LogP contribution is 2.47. The average Bonchev–Trinajstić information content (AvgIpc) is 2.40. The Morgan fingerprint density at radius 2 is 2.33 bits per heavy atom. The first-order valence-corrected chi connectivity index (χ1v) is 8.21. The van der Waals surface area contributed by atoms with Gasteiger partial charge in [-0.1, -0.05) is 6.07 Å². The molecule has 1 N–H and O–H groups in total. The highest BCUT2D eigenvalue weighted by atomic mass is 79.9. The van der Waals surface area contributed by atoms with Crippen LogP contribution < -0.4 is 10.1 Å². The second kappa shape index (κ2) is 5.41. The summed E-state index contributed by atoms with van der Waals surface area (Å²) in [6.07, 6.45) is 0.861. The number of rotatable bonds is 3. The van der Waals surface area contributed by atoms with Crippen LogP contribution in [0, 0.1) is 6.92 Å². The summed E-state index contributed by atoms with van der Waals surface area (Å²) in [5.41, 5.74) is 1.95. The first-order valence-electron chi connectivity index (χ1n) is 7.01. The zero-order valence-corrected chi connectivity index (χ0v) is 14.8. The number of nitrogens with one attached hydrogen (secondary N) is 1. The van der Waals surface area contributed by atoms with Gasteiger partial charge in [-0.2, -0.15) is 0 Å². The number of fused-ring (bicyclic) bond motifs is 4. The smallest absolute Gasteiger partial charge is 0.184 e. The van der Waals surface area contributed by atoms with E-state index in [-0.39, 0.29) is 6.04 Å². The zero-order valence-electron chi connectivity index (χ0n) is 12.4. The van der Waals surface area contributed by atoms with Crippen molar-refractivity contribution in [1.29, 1.82) is 0 Å². The number of hydrogen-bond donors (Lipinski definition) is 1. The number of hydrogen-bond acceptors (Lipinski definition) is 3. The van der Waals surface area contributed by atoms with E-state index in [9.17, 15) is 0 Å². The number of benzene rings is 1. The van der Waals surface area contributed by atoms with Crippen molar-refractivity contribution in [3.8, 4) is 5.75 Å². The van der Waals surface area contributed by atoms with E-state index < -0.39 is 5.72 Å². The number of thiocarbonyl (C=S) groups is 1. The molecule has 0 saturated carbocycles. The van der Waals surface area contributed by atoms with Crippen LogP contribution in [-0.4, -0.2) is 36.0 Å². The van der Waals surface area contributed by atoms with Crippen molar-refractivity contribution >= 4 is 33.3 Å². The maximum absolute atomic E-state index is 6.35. The van der Waals surface area contributed by atoms with E-state index in [4.69, 9.17) is 21.7 Å². The Balaban J connectivity index is 2.01. The molecule has 2 aliphatic rings. The molecular weight excluding hydrogens is 352 g/mol. The van der Waals surface area contributed by atoms with E-state index in [1.54, 1.807) is 7.11 Å². The first kappa shape index (κ1) is 15.1. The molecule has 0 amide bonds. The lowest BCUT2D eigenvalue weighted by molar-refractivity contribution is -0.0746. The largest absolute Gasteiger partial charge is 0.467 e. The van der Waals surface area contributed by atoms with Crippen LogP contribution in [0.15, 0.2) is 16.6 Å². The minimum atomic E-state index is -0.434. The lowest BCUT2D eigenvalue weighted by Crippen LogP contribution is -2.65. The van der Waals surface area contributed by atoms with Crippen LogP contribution in [-0.2, 0) is 4.74 Å². The predicted octanol–water partition coefficient (Wildman–Crippen LogP) is 3.13.